The van der Waals surface area contributed by atoms with Gasteiger partial charge in [0.1, 0.15) is 12.0 Å². The molecule has 1 aromatic rings. The van der Waals surface area contributed by atoms with Crippen molar-refractivity contribution < 1.29 is 14.3 Å². The lowest BCUT2D eigenvalue weighted by Gasteiger charge is -2.15. The summed E-state index contributed by atoms with van der Waals surface area (Å²) >= 11 is 0. The van der Waals surface area contributed by atoms with Gasteiger partial charge in [0.2, 0.25) is 0 Å². The van der Waals surface area contributed by atoms with Gasteiger partial charge in [-0.3, -0.25) is 0 Å². The highest BCUT2D eigenvalue weighted by atomic mass is 16.5. The van der Waals surface area contributed by atoms with E-state index in [9.17, 15) is 4.79 Å². The van der Waals surface area contributed by atoms with Gasteiger partial charge in [0.25, 0.3) is 0 Å². The molecule has 0 bridgehead atoms. The maximum atomic E-state index is 10.6. The molecule has 1 aromatic carbocycles. The summed E-state index contributed by atoms with van der Waals surface area (Å²) in [6, 6.07) is 7.82. The van der Waals surface area contributed by atoms with Gasteiger partial charge in [-0.15, -0.1) is 0 Å². The van der Waals surface area contributed by atoms with Crippen LogP contribution in [-0.2, 0) is 16.1 Å². The molecule has 0 aliphatic heterocycles. The Morgan fingerprint density at radius 3 is 2.53 bits per heavy atom. The second kappa shape index (κ2) is 9.56. The monoisotopic (exact) mass is 264 g/mol. The summed E-state index contributed by atoms with van der Waals surface area (Å²) in [6.45, 7) is 2.72. The normalized spacial score (nSPS) is 12.1. The minimum Gasteiger partial charge on any atom is -0.497 e. The highest BCUT2D eigenvalue weighted by Gasteiger charge is 2.08. The second-order valence-corrected chi connectivity index (χ2v) is 4.68. The molecule has 0 amide bonds. The van der Waals surface area contributed by atoms with Gasteiger partial charge in [0.05, 0.1) is 19.8 Å². The molecule has 0 unspecified atom stereocenters. The lowest BCUT2D eigenvalue weighted by Crippen LogP contribution is -2.13. The van der Waals surface area contributed by atoms with E-state index in [1.54, 1.807) is 7.11 Å². The smallest absolute Gasteiger partial charge is 0.122 e. The zero-order chi connectivity index (χ0) is 13.9. The fourth-order valence-corrected chi connectivity index (χ4v) is 1.93. The molecule has 1 rings (SSSR count). The van der Waals surface area contributed by atoms with Crippen molar-refractivity contribution in [2.45, 2.75) is 51.7 Å². The number of rotatable bonds is 10. The van der Waals surface area contributed by atoms with Gasteiger partial charge in [-0.05, 0) is 24.1 Å². The standard InChI is InChI=1S/C16H24O3/c1-3-4-5-6-16(11-12-17)19-13-14-7-9-15(18-2)10-8-14/h7-10,12,16H,3-6,11,13H2,1-2H3/t16-/m1/s1. The van der Waals surface area contributed by atoms with Crippen molar-refractivity contribution in [3.63, 3.8) is 0 Å². The van der Waals surface area contributed by atoms with Crippen molar-refractivity contribution in [3.05, 3.63) is 29.8 Å². The lowest BCUT2D eigenvalue weighted by molar-refractivity contribution is -0.110. The second-order valence-electron chi connectivity index (χ2n) is 4.68. The number of benzene rings is 1. The van der Waals surface area contributed by atoms with Crippen LogP contribution in [0.3, 0.4) is 0 Å². The lowest BCUT2D eigenvalue weighted by atomic mass is 10.1. The molecule has 0 aromatic heterocycles. The van der Waals surface area contributed by atoms with Crippen LogP contribution in [0.1, 0.15) is 44.6 Å². The van der Waals surface area contributed by atoms with Crippen LogP contribution < -0.4 is 4.74 Å². The number of unbranched alkanes of at least 4 members (excludes halogenated alkanes) is 2. The Bertz CT molecular complexity index is 346. The van der Waals surface area contributed by atoms with E-state index in [0.717, 1.165) is 30.4 Å². The predicted molar refractivity (Wildman–Crippen MR) is 76.4 cm³/mol. The molecule has 0 spiro atoms. The van der Waals surface area contributed by atoms with E-state index in [-0.39, 0.29) is 6.10 Å². The molecule has 0 fully saturated rings. The molecule has 0 N–H and O–H groups in total. The molecule has 0 aliphatic carbocycles. The summed E-state index contributed by atoms with van der Waals surface area (Å²) in [5, 5.41) is 0. The van der Waals surface area contributed by atoms with Crippen molar-refractivity contribution in [1.82, 2.24) is 0 Å². The highest BCUT2D eigenvalue weighted by molar-refractivity contribution is 5.50. The maximum Gasteiger partial charge on any atom is 0.122 e. The maximum absolute atomic E-state index is 10.6. The van der Waals surface area contributed by atoms with Crippen LogP contribution in [0.5, 0.6) is 5.75 Å². The molecule has 0 saturated heterocycles. The topological polar surface area (TPSA) is 35.5 Å². The zero-order valence-electron chi connectivity index (χ0n) is 11.9. The number of aldehydes is 1. The third kappa shape index (κ3) is 6.39. The number of hydrogen-bond donors (Lipinski definition) is 0. The van der Waals surface area contributed by atoms with Gasteiger partial charge in [-0.25, -0.2) is 0 Å². The number of ether oxygens (including phenoxy) is 2. The summed E-state index contributed by atoms with van der Waals surface area (Å²) < 4.78 is 10.9. The number of methoxy groups -OCH3 is 1. The largest absolute Gasteiger partial charge is 0.497 e. The van der Waals surface area contributed by atoms with Crippen LogP contribution in [0, 0.1) is 0 Å². The van der Waals surface area contributed by atoms with Gasteiger partial charge >= 0.3 is 0 Å². The van der Waals surface area contributed by atoms with Gasteiger partial charge < -0.3 is 14.3 Å². The first-order chi connectivity index (χ1) is 9.30. The van der Waals surface area contributed by atoms with Crippen molar-refractivity contribution >= 4 is 6.29 Å². The van der Waals surface area contributed by atoms with Gasteiger partial charge in [0.15, 0.2) is 0 Å². The summed E-state index contributed by atoms with van der Waals surface area (Å²) in [7, 11) is 1.65. The van der Waals surface area contributed by atoms with E-state index < -0.39 is 0 Å². The van der Waals surface area contributed by atoms with Crippen molar-refractivity contribution in [2.24, 2.45) is 0 Å². The quantitative estimate of drug-likeness (QED) is 0.477. The summed E-state index contributed by atoms with van der Waals surface area (Å²) in [6.07, 6.45) is 5.95. The molecule has 0 saturated carbocycles. The van der Waals surface area contributed by atoms with Gasteiger partial charge in [-0.1, -0.05) is 38.3 Å². The van der Waals surface area contributed by atoms with Gasteiger partial charge in [-0.2, -0.15) is 0 Å². The van der Waals surface area contributed by atoms with Crippen LogP contribution in [0.25, 0.3) is 0 Å². The van der Waals surface area contributed by atoms with Crippen LogP contribution in [0.2, 0.25) is 0 Å². The van der Waals surface area contributed by atoms with Crippen molar-refractivity contribution in [1.29, 1.82) is 0 Å². The summed E-state index contributed by atoms with van der Waals surface area (Å²) in [4.78, 5) is 10.6. The fraction of sp³-hybridized carbons (Fsp3) is 0.562. The van der Waals surface area contributed by atoms with Crippen molar-refractivity contribution in [2.75, 3.05) is 7.11 Å². The molecule has 0 heterocycles. The summed E-state index contributed by atoms with van der Waals surface area (Å²) in [5.74, 6) is 0.844. The first kappa shape index (κ1) is 15.7. The van der Waals surface area contributed by atoms with E-state index in [1.165, 1.54) is 12.8 Å². The molecule has 1 atom stereocenters. The van der Waals surface area contributed by atoms with E-state index >= 15 is 0 Å². The Hall–Kier alpha value is -1.35. The van der Waals surface area contributed by atoms with Crippen LogP contribution in [-0.4, -0.2) is 19.5 Å². The third-order valence-corrected chi connectivity index (χ3v) is 3.13. The predicted octanol–water partition coefficient (Wildman–Crippen LogP) is 3.75. The van der Waals surface area contributed by atoms with E-state index in [0.29, 0.717) is 13.0 Å². The van der Waals surface area contributed by atoms with E-state index in [4.69, 9.17) is 9.47 Å². The molecule has 0 radical (unpaired) electrons. The van der Waals surface area contributed by atoms with Crippen molar-refractivity contribution in [3.8, 4) is 5.75 Å². The fourth-order valence-electron chi connectivity index (χ4n) is 1.93. The average Bonchev–Trinajstić information content (AvgIpc) is 2.45. The zero-order valence-corrected chi connectivity index (χ0v) is 11.9. The molecule has 106 valence electrons. The number of carbonyl (C=O) groups excluding carboxylic acids is 1. The first-order valence-corrected chi connectivity index (χ1v) is 6.98. The van der Waals surface area contributed by atoms with Crippen LogP contribution in [0.4, 0.5) is 0 Å². The summed E-state index contributed by atoms with van der Waals surface area (Å²) in [5.41, 5.74) is 1.10. The average molecular weight is 264 g/mol. The number of carbonyl (C=O) groups is 1. The molecular weight excluding hydrogens is 240 g/mol. The Balaban J connectivity index is 2.38. The third-order valence-electron chi connectivity index (χ3n) is 3.13. The Morgan fingerprint density at radius 1 is 1.21 bits per heavy atom. The minimum absolute atomic E-state index is 0.0474. The Kier molecular flexibility index (Phi) is 7.91. The number of hydrogen-bond acceptors (Lipinski definition) is 3. The molecule has 3 nitrogen and oxygen atoms in total. The minimum atomic E-state index is 0.0474. The highest BCUT2D eigenvalue weighted by Crippen LogP contribution is 2.15. The van der Waals surface area contributed by atoms with Crippen LogP contribution >= 0.6 is 0 Å². The van der Waals surface area contributed by atoms with Gasteiger partial charge in [0, 0.05) is 6.42 Å². The molecule has 19 heavy (non-hydrogen) atoms. The SMILES string of the molecule is CCCCC[C@H](CC=O)OCc1ccc(OC)cc1. The van der Waals surface area contributed by atoms with E-state index in [1.807, 2.05) is 24.3 Å². The molecule has 0 aliphatic rings. The molecular formula is C16H24O3. The Labute approximate surface area is 115 Å². The Morgan fingerprint density at radius 2 is 1.95 bits per heavy atom. The first-order valence-electron chi connectivity index (χ1n) is 6.98. The molecule has 3 heteroatoms. The van der Waals surface area contributed by atoms with Crippen LogP contribution in [0.15, 0.2) is 24.3 Å². The van der Waals surface area contributed by atoms with E-state index in [2.05, 4.69) is 6.92 Å².